The average molecular weight is 376 g/mol. The number of nitrogens with one attached hydrogen (secondary N) is 1. The Morgan fingerprint density at radius 2 is 1.82 bits per heavy atom. The number of carbonyl (C=O) groups excluding carboxylic acids is 1. The molecule has 0 unspecified atom stereocenters. The van der Waals surface area contributed by atoms with Crippen LogP contribution in [0.3, 0.4) is 0 Å². The molecular weight excluding hydrogens is 356 g/mol. The number of aromatic nitrogens is 5. The number of rotatable bonds is 6. The molecule has 2 heterocycles. The second-order valence-electron chi connectivity index (χ2n) is 6.60. The van der Waals surface area contributed by atoms with Crippen molar-refractivity contribution in [2.45, 2.75) is 19.4 Å². The van der Waals surface area contributed by atoms with Crippen molar-refractivity contribution in [1.82, 2.24) is 29.9 Å². The minimum absolute atomic E-state index is 0.150. The van der Waals surface area contributed by atoms with Gasteiger partial charge in [0, 0.05) is 20.0 Å². The summed E-state index contributed by atoms with van der Waals surface area (Å²) in [5.41, 5.74) is 2.26. The van der Waals surface area contributed by atoms with Crippen LogP contribution in [0.5, 0.6) is 0 Å². The highest BCUT2D eigenvalue weighted by atomic mass is 16.2. The number of fused-ring (bicyclic) bond motifs is 2. The Hall–Kier alpha value is -3.55. The number of imidazole rings is 1. The summed E-state index contributed by atoms with van der Waals surface area (Å²) < 4.78 is 3.16. The minimum Gasteiger partial charge on any atom is -0.354 e. The highest BCUT2D eigenvalue weighted by molar-refractivity contribution is 5.78. The summed E-state index contributed by atoms with van der Waals surface area (Å²) in [5, 5.41) is 11.1. The Balaban J connectivity index is 1.33. The quantitative estimate of drug-likeness (QED) is 0.514. The van der Waals surface area contributed by atoms with E-state index in [4.69, 9.17) is 0 Å². The van der Waals surface area contributed by atoms with Crippen LogP contribution in [0, 0.1) is 0 Å². The first-order chi connectivity index (χ1) is 13.6. The molecule has 0 aliphatic heterocycles. The van der Waals surface area contributed by atoms with Crippen molar-refractivity contribution in [3.8, 4) is 0 Å². The number of hydrogen-bond donors (Lipinski definition) is 1. The molecule has 142 valence electrons. The lowest BCUT2D eigenvalue weighted by Gasteiger charge is -2.07. The second kappa shape index (κ2) is 7.59. The molecule has 0 saturated carbocycles. The van der Waals surface area contributed by atoms with Gasteiger partial charge in [-0.25, -0.2) is 9.67 Å². The van der Waals surface area contributed by atoms with Gasteiger partial charge >= 0.3 is 0 Å². The van der Waals surface area contributed by atoms with Crippen molar-refractivity contribution in [1.29, 1.82) is 0 Å². The summed E-state index contributed by atoms with van der Waals surface area (Å²) in [6, 6.07) is 14.9. The molecule has 2 aromatic heterocycles. The fraction of sp³-hybridized carbons (Fsp3) is 0.250. The molecule has 0 aliphatic carbocycles. The summed E-state index contributed by atoms with van der Waals surface area (Å²) in [6.07, 6.45) is 1.50. The molecule has 0 aliphatic rings. The van der Waals surface area contributed by atoms with Crippen LogP contribution in [0.1, 0.15) is 12.2 Å². The Labute approximate surface area is 160 Å². The number of carbonyl (C=O) groups is 1. The Kier molecular flexibility index (Phi) is 4.84. The number of benzene rings is 2. The highest BCUT2D eigenvalue weighted by Crippen LogP contribution is 2.15. The van der Waals surface area contributed by atoms with Gasteiger partial charge in [-0.2, -0.15) is 0 Å². The summed E-state index contributed by atoms with van der Waals surface area (Å²) in [4.78, 5) is 29.2. The van der Waals surface area contributed by atoms with Crippen LogP contribution in [0.15, 0.2) is 53.3 Å². The Morgan fingerprint density at radius 3 is 2.64 bits per heavy atom. The molecule has 8 heteroatoms. The molecule has 0 spiro atoms. The van der Waals surface area contributed by atoms with Crippen molar-refractivity contribution in [3.63, 3.8) is 0 Å². The fourth-order valence-corrected chi connectivity index (χ4v) is 3.21. The maximum absolute atomic E-state index is 12.4. The second-order valence-corrected chi connectivity index (χ2v) is 6.60. The maximum atomic E-state index is 12.4. The van der Waals surface area contributed by atoms with E-state index in [1.807, 2.05) is 31.3 Å². The minimum atomic E-state index is -0.319. The maximum Gasteiger partial charge on any atom is 0.278 e. The topological polar surface area (TPSA) is 94.7 Å². The van der Waals surface area contributed by atoms with Crippen LogP contribution in [0.2, 0.25) is 0 Å². The monoisotopic (exact) mass is 376 g/mol. The predicted molar refractivity (Wildman–Crippen MR) is 106 cm³/mol. The zero-order valence-electron chi connectivity index (χ0n) is 15.5. The first kappa shape index (κ1) is 17.8. The molecular formula is C20H20N6O2. The van der Waals surface area contributed by atoms with E-state index in [1.165, 1.54) is 0 Å². The van der Waals surface area contributed by atoms with E-state index in [1.54, 1.807) is 24.3 Å². The third kappa shape index (κ3) is 3.48. The van der Waals surface area contributed by atoms with Gasteiger partial charge in [0.05, 0.1) is 16.4 Å². The molecule has 0 fully saturated rings. The summed E-state index contributed by atoms with van der Waals surface area (Å²) in [5.74, 6) is 0.712. The fourth-order valence-electron chi connectivity index (χ4n) is 3.21. The zero-order valence-corrected chi connectivity index (χ0v) is 15.5. The van der Waals surface area contributed by atoms with Crippen molar-refractivity contribution < 1.29 is 4.79 Å². The van der Waals surface area contributed by atoms with Crippen LogP contribution in [-0.2, 0) is 24.8 Å². The number of hydrogen-bond acceptors (Lipinski definition) is 5. The number of para-hydroxylation sites is 2. The SMILES string of the molecule is Cn1c(CCCNC(=O)Cn2nnc3ccccc3c2=O)nc2ccccc21. The highest BCUT2D eigenvalue weighted by Gasteiger charge is 2.10. The van der Waals surface area contributed by atoms with Gasteiger partial charge < -0.3 is 9.88 Å². The largest absolute Gasteiger partial charge is 0.354 e. The van der Waals surface area contributed by atoms with Crippen molar-refractivity contribution in [3.05, 3.63) is 64.7 Å². The number of amides is 1. The van der Waals surface area contributed by atoms with Crippen LogP contribution >= 0.6 is 0 Å². The van der Waals surface area contributed by atoms with Gasteiger partial charge in [-0.3, -0.25) is 9.59 Å². The van der Waals surface area contributed by atoms with Crippen molar-refractivity contribution in [2.75, 3.05) is 6.54 Å². The van der Waals surface area contributed by atoms with E-state index < -0.39 is 0 Å². The first-order valence-corrected chi connectivity index (χ1v) is 9.13. The predicted octanol–water partition coefficient (Wildman–Crippen LogP) is 1.43. The molecule has 0 atom stereocenters. The number of nitrogens with zero attached hydrogens (tertiary/aromatic N) is 5. The molecule has 2 aromatic carbocycles. The molecule has 1 N–H and O–H groups in total. The molecule has 0 radical (unpaired) electrons. The van der Waals surface area contributed by atoms with E-state index in [2.05, 4.69) is 25.2 Å². The molecule has 4 rings (SSSR count). The summed E-state index contributed by atoms with van der Waals surface area (Å²) in [7, 11) is 1.99. The molecule has 4 aromatic rings. The first-order valence-electron chi connectivity index (χ1n) is 9.13. The van der Waals surface area contributed by atoms with Crippen LogP contribution in [0.4, 0.5) is 0 Å². The third-order valence-electron chi connectivity index (χ3n) is 4.70. The van der Waals surface area contributed by atoms with E-state index >= 15 is 0 Å². The lowest BCUT2D eigenvalue weighted by molar-refractivity contribution is -0.121. The smallest absolute Gasteiger partial charge is 0.278 e. The average Bonchev–Trinajstić information content (AvgIpc) is 3.04. The zero-order chi connectivity index (χ0) is 19.5. The van der Waals surface area contributed by atoms with Gasteiger partial charge in [-0.05, 0) is 30.7 Å². The van der Waals surface area contributed by atoms with Gasteiger partial charge in [-0.1, -0.05) is 29.5 Å². The van der Waals surface area contributed by atoms with Crippen molar-refractivity contribution >= 4 is 27.8 Å². The molecule has 0 bridgehead atoms. The van der Waals surface area contributed by atoms with Gasteiger partial charge in [0.25, 0.3) is 5.56 Å². The van der Waals surface area contributed by atoms with E-state index in [9.17, 15) is 9.59 Å². The third-order valence-corrected chi connectivity index (χ3v) is 4.70. The standard InChI is InChI=1S/C20H20N6O2/c1-25-17-10-5-4-9-16(17)22-18(25)11-6-12-21-19(27)13-26-20(28)14-7-2-3-8-15(14)23-24-26/h2-5,7-10H,6,11-13H2,1H3,(H,21,27). The Bertz CT molecular complexity index is 1210. The Morgan fingerprint density at radius 1 is 1.07 bits per heavy atom. The van der Waals surface area contributed by atoms with Crippen LogP contribution in [0.25, 0.3) is 21.9 Å². The van der Waals surface area contributed by atoms with Gasteiger partial charge in [-0.15, -0.1) is 5.10 Å². The van der Waals surface area contributed by atoms with Gasteiger partial charge in [0.2, 0.25) is 5.91 Å². The van der Waals surface area contributed by atoms with E-state index in [0.29, 0.717) is 17.4 Å². The number of aryl methyl sites for hydroxylation is 2. The van der Waals surface area contributed by atoms with E-state index in [0.717, 1.165) is 34.4 Å². The van der Waals surface area contributed by atoms with Crippen LogP contribution in [-0.4, -0.2) is 37.0 Å². The summed E-state index contributed by atoms with van der Waals surface area (Å²) >= 11 is 0. The molecule has 8 nitrogen and oxygen atoms in total. The normalized spacial score (nSPS) is 11.2. The lowest BCUT2D eigenvalue weighted by Crippen LogP contribution is -2.34. The molecule has 28 heavy (non-hydrogen) atoms. The summed E-state index contributed by atoms with van der Waals surface area (Å²) in [6.45, 7) is 0.348. The van der Waals surface area contributed by atoms with E-state index in [-0.39, 0.29) is 18.0 Å². The van der Waals surface area contributed by atoms with Gasteiger partial charge in [0.15, 0.2) is 0 Å². The van der Waals surface area contributed by atoms with Crippen molar-refractivity contribution in [2.24, 2.45) is 7.05 Å². The lowest BCUT2D eigenvalue weighted by atomic mass is 10.2. The van der Waals surface area contributed by atoms with Crippen LogP contribution < -0.4 is 10.9 Å². The molecule has 1 amide bonds. The molecule has 0 saturated heterocycles. The van der Waals surface area contributed by atoms with Gasteiger partial charge in [0.1, 0.15) is 17.9 Å².